The Morgan fingerprint density at radius 3 is 2.71 bits per heavy atom. The van der Waals surface area contributed by atoms with Gasteiger partial charge in [0.05, 0.1) is 24.7 Å². The van der Waals surface area contributed by atoms with Crippen molar-refractivity contribution in [2.24, 2.45) is 0 Å². The molecule has 11 heteroatoms. The van der Waals surface area contributed by atoms with Crippen molar-refractivity contribution < 1.29 is 23.8 Å². The Balaban J connectivity index is 1.45. The smallest absolute Gasteiger partial charge is 0.417 e. The molecular formula is C23H20Cl2N2O5S2. The second-order valence-corrected chi connectivity index (χ2v) is 10.1. The minimum atomic E-state index is -0.737. The number of amides is 2. The van der Waals surface area contributed by atoms with Crippen molar-refractivity contribution in [1.82, 2.24) is 4.90 Å². The molecule has 4 rings (SSSR count). The van der Waals surface area contributed by atoms with Gasteiger partial charge in [0, 0.05) is 22.3 Å². The molecule has 2 fully saturated rings. The van der Waals surface area contributed by atoms with E-state index in [1.165, 1.54) is 18.9 Å². The van der Waals surface area contributed by atoms with Gasteiger partial charge in [0.25, 0.3) is 5.91 Å². The van der Waals surface area contributed by atoms with Gasteiger partial charge in [-0.3, -0.25) is 15.0 Å². The fourth-order valence-electron chi connectivity index (χ4n) is 3.53. The average Bonchev–Trinajstić information content (AvgIpc) is 3.38. The van der Waals surface area contributed by atoms with Gasteiger partial charge in [-0.2, -0.15) is 0 Å². The molecule has 7 nitrogen and oxygen atoms in total. The molecule has 0 spiro atoms. The molecule has 0 saturated carbocycles. The van der Waals surface area contributed by atoms with Crippen LogP contribution in [-0.2, 0) is 9.53 Å². The van der Waals surface area contributed by atoms with E-state index in [0.717, 1.165) is 12.8 Å². The molecule has 1 N–H and O–H groups in total. The lowest BCUT2D eigenvalue weighted by Gasteiger charge is -2.18. The lowest BCUT2D eigenvalue weighted by molar-refractivity contribution is -0.123. The van der Waals surface area contributed by atoms with Crippen molar-refractivity contribution in [3.8, 4) is 11.5 Å². The first kappa shape index (κ1) is 24.8. The van der Waals surface area contributed by atoms with Gasteiger partial charge >= 0.3 is 6.09 Å². The molecule has 2 aliphatic heterocycles. The topological polar surface area (TPSA) is 77.1 Å². The summed E-state index contributed by atoms with van der Waals surface area (Å²) in [4.78, 5) is 27.3. The van der Waals surface area contributed by atoms with E-state index in [9.17, 15) is 9.59 Å². The van der Waals surface area contributed by atoms with Crippen molar-refractivity contribution in [2.75, 3.05) is 25.6 Å². The molecule has 178 valence electrons. The predicted octanol–water partition coefficient (Wildman–Crippen LogP) is 5.99. The first-order valence-corrected chi connectivity index (χ1v) is 12.3. The number of anilines is 1. The molecule has 2 saturated heterocycles. The quantitative estimate of drug-likeness (QED) is 0.357. The van der Waals surface area contributed by atoms with Crippen LogP contribution in [0.3, 0.4) is 0 Å². The number of benzene rings is 2. The number of carbonyl (C=O) groups excluding carboxylic acids is 2. The van der Waals surface area contributed by atoms with E-state index in [-0.39, 0.29) is 17.8 Å². The number of methoxy groups -OCH3 is 1. The standard InChI is InChI=1S/C23H20Cl2N2O5S2/c1-30-19-7-13(8-20-21(28)27(23(33)34-20)12-17-3-2-6-31-17)4-5-18(19)32-22(29)26-16-10-14(24)9-15(25)11-16/h4-5,7-11,17H,2-3,6,12H2,1H3,(H,26,29)/b20-8+. The van der Waals surface area contributed by atoms with E-state index in [4.69, 9.17) is 49.6 Å². The van der Waals surface area contributed by atoms with Crippen LogP contribution < -0.4 is 14.8 Å². The first-order valence-electron chi connectivity index (χ1n) is 10.3. The van der Waals surface area contributed by atoms with E-state index in [2.05, 4.69) is 5.32 Å². The number of ether oxygens (including phenoxy) is 3. The van der Waals surface area contributed by atoms with E-state index in [1.807, 2.05) is 0 Å². The van der Waals surface area contributed by atoms with Gasteiger partial charge in [-0.1, -0.05) is 53.2 Å². The van der Waals surface area contributed by atoms with Gasteiger partial charge in [-0.25, -0.2) is 4.79 Å². The molecule has 2 aromatic rings. The highest BCUT2D eigenvalue weighted by atomic mass is 35.5. The number of halogens is 2. The van der Waals surface area contributed by atoms with Crippen LogP contribution in [0.1, 0.15) is 18.4 Å². The Bertz CT molecular complexity index is 1150. The lowest BCUT2D eigenvalue weighted by atomic mass is 10.1. The Kier molecular flexibility index (Phi) is 8.00. The monoisotopic (exact) mass is 538 g/mol. The van der Waals surface area contributed by atoms with E-state index >= 15 is 0 Å². The van der Waals surface area contributed by atoms with Crippen LogP contribution in [0.25, 0.3) is 6.08 Å². The summed E-state index contributed by atoms with van der Waals surface area (Å²) in [6, 6.07) is 9.62. The number of thioether (sulfide) groups is 1. The molecule has 2 amide bonds. The zero-order valence-corrected chi connectivity index (χ0v) is 21.2. The van der Waals surface area contributed by atoms with Crippen molar-refractivity contribution in [3.05, 3.63) is 56.9 Å². The molecule has 2 heterocycles. The van der Waals surface area contributed by atoms with Crippen LogP contribution in [0.4, 0.5) is 10.5 Å². The minimum absolute atomic E-state index is 0.0208. The lowest BCUT2D eigenvalue weighted by Crippen LogP contribution is -2.35. The third kappa shape index (κ3) is 6.03. The summed E-state index contributed by atoms with van der Waals surface area (Å²) in [5.41, 5.74) is 1.09. The normalized spacial score (nSPS) is 19.1. The summed E-state index contributed by atoms with van der Waals surface area (Å²) in [5.74, 6) is 0.378. The maximum atomic E-state index is 12.9. The number of nitrogens with one attached hydrogen (secondary N) is 1. The maximum Gasteiger partial charge on any atom is 0.417 e. The van der Waals surface area contributed by atoms with Crippen LogP contribution in [0.5, 0.6) is 11.5 Å². The molecule has 34 heavy (non-hydrogen) atoms. The second kappa shape index (κ2) is 11.0. The summed E-state index contributed by atoms with van der Waals surface area (Å²) in [7, 11) is 1.46. The number of hydrogen-bond donors (Lipinski definition) is 1. The minimum Gasteiger partial charge on any atom is -0.493 e. The van der Waals surface area contributed by atoms with Crippen molar-refractivity contribution >= 4 is 75.3 Å². The zero-order valence-electron chi connectivity index (χ0n) is 18.0. The number of hydrogen-bond acceptors (Lipinski definition) is 7. The Morgan fingerprint density at radius 2 is 2.03 bits per heavy atom. The molecular weight excluding hydrogens is 519 g/mol. The van der Waals surface area contributed by atoms with Gasteiger partial charge in [0.15, 0.2) is 11.5 Å². The number of rotatable bonds is 6. The fourth-order valence-corrected chi connectivity index (χ4v) is 5.33. The van der Waals surface area contributed by atoms with Crippen LogP contribution in [0.15, 0.2) is 41.3 Å². The van der Waals surface area contributed by atoms with Crippen molar-refractivity contribution in [1.29, 1.82) is 0 Å². The molecule has 1 atom stereocenters. The van der Waals surface area contributed by atoms with Crippen LogP contribution >= 0.6 is 47.2 Å². The molecule has 0 bridgehead atoms. The van der Waals surface area contributed by atoms with Gasteiger partial charge in [0.1, 0.15) is 4.32 Å². The highest BCUT2D eigenvalue weighted by Gasteiger charge is 2.34. The highest BCUT2D eigenvalue weighted by Crippen LogP contribution is 2.35. The molecule has 2 aliphatic rings. The van der Waals surface area contributed by atoms with Gasteiger partial charge in [0.2, 0.25) is 0 Å². The van der Waals surface area contributed by atoms with Crippen LogP contribution in [0.2, 0.25) is 10.0 Å². The third-order valence-corrected chi connectivity index (χ3v) is 6.90. The van der Waals surface area contributed by atoms with Crippen molar-refractivity contribution in [2.45, 2.75) is 18.9 Å². The van der Waals surface area contributed by atoms with Crippen LogP contribution in [-0.4, -0.2) is 47.6 Å². The Labute approximate surface area is 216 Å². The van der Waals surface area contributed by atoms with Crippen LogP contribution in [0, 0.1) is 0 Å². The largest absolute Gasteiger partial charge is 0.493 e. The average molecular weight is 539 g/mol. The summed E-state index contributed by atoms with van der Waals surface area (Å²) >= 11 is 18.6. The SMILES string of the molecule is COc1cc(/C=C2/SC(=S)N(CC3CCCO3)C2=O)ccc1OC(=O)Nc1cc(Cl)cc(Cl)c1. The molecule has 2 aromatic carbocycles. The molecule has 0 radical (unpaired) electrons. The first-order chi connectivity index (χ1) is 16.3. The summed E-state index contributed by atoms with van der Waals surface area (Å²) < 4.78 is 16.9. The van der Waals surface area contributed by atoms with E-state index < -0.39 is 6.09 Å². The Morgan fingerprint density at radius 1 is 1.26 bits per heavy atom. The zero-order chi connectivity index (χ0) is 24.2. The Hall–Kier alpha value is -2.30. The summed E-state index contributed by atoms with van der Waals surface area (Å²) in [5, 5.41) is 3.33. The van der Waals surface area contributed by atoms with Gasteiger partial charge < -0.3 is 14.2 Å². The highest BCUT2D eigenvalue weighted by molar-refractivity contribution is 8.26. The third-order valence-electron chi connectivity index (χ3n) is 5.08. The summed E-state index contributed by atoms with van der Waals surface area (Å²) in [6.45, 7) is 1.18. The van der Waals surface area contributed by atoms with E-state index in [1.54, 1.807) is 47.4 Å². The summed E-state index contributed by atoms with van der Waals surface area (Å²) in [6.07, 6.45) is 2.93. The van der Waals surface area contributed by atoms with Gasteiger partial charge in [-0.05, 0) is 54.8 Å². The number of nitrogens with zero attached hydrogens (tertiary/aromatic N) is 1. The molecule has 0 aromatic heterocycles. The fraction of sp³-hybridized carbons (Fsp3) is 0.261. The predicted molar refractivity (Wildman–Crippen MR) is 138 cm³/mol. The van der Waals surface area contributed by atoms with Crippen molar-refractivity contribution in [3.63, 3.8) is 0 Å². The molecule has 0 aliphatic carbocycles. The maximum absolute atomic E-state index is 12.9. The second-order valence-electron chi connectivity index (χ2n) is 7.51. The molecule has 1 unspecified atom stereocenters. The number of carbonyl (C=O) groups is 2. The van der Waals surface area contributed by atoms with E-state index in [0.29, 0.717) is 49.4 Å². The van der Waals surface area contributed by atoms with Gasteiger partial charge in [-0.15, -0.1) is 0 Å². The number of thiocarbonyl (C=S) groups is 1.